The number of anilines is 1. The van der Waals surface area contributed by atoms with Gasteiger partial charge in [-0.1, -0.05) is 49.4 Å². The van der Waals surface area contributed by atoms with Gasteiger partial charge in [-0.05, 0) is 29.7 Å². The standard InChI is InChI=1S/C17H18N2/c1-2-17(15-6-4-3-5-7-15)19-16-10-8-14(9-11-16)12-13-18/h3-11,17,19H,2,12H2,1H3. The number of nitrogens with zero attached hydrogens (tertiary/aromatic N) is 1. The lowest BCUT2D eigenvalue weighted by atomic mass is 10.0. The van der Waals surface area contributed by atoms with Crippen LogP contribution in [0.4, 0.5) is 5.69 Å². The summed E-state index contributed by atoms with van der Waals surface area (Å²) in [4.78, 5) is 0. The molecule has 0 aromatic heterocycles. The molecular weight excluding hydrogens is 232 g/mol. The van der Waals surface area contributed by atoms with Crippen LogP contribution >= 0.6 is 0 Å². The van der Waals surface area contributed by atoms with Crippen molar-refractivity contribution in [3.05, 3.63) is 65.7 Å². The molecule has 96 valence electrons. The quantitative estimate of drug-likeness (QED) is 0.858. The van der Waals surface area contributed by atoms with E-state index in [2.05, 4.69) is 42.6 Å². The Morgan fingerprint density at radius 1 is 1.05 bits per heavy atom. The van der Waals surface area contributed by atoms with E-state index in [4.69, 9.17) is 5.26 Å². The number of nitriles is 1. The molecule has 2 nitrogen and oxygen atoms in total. The van der Waals surface area contributed by atoms with Crippen LogP contribution < -0.4 is 5.32 Å². The Morgan fingerprint density at radius 2 is 1.74 bits per heavy atom. The molecule has 1 atom stereocenters. The minimum atomic E-state index is 0.322. The first-order valence-electron chi connectivity index (χ1n) is 6.61. The van der Waals surface area contributed by atoms with E-state index in [9.17, 15) is 0 Å². The van der Waals surface area contributed by atoms with Crippen molar-refractivity contribution in [1.82, 2.24) is 0 Å². The molecule has 0 fully saturated rings. The molecule has 0 aliphatic heterocycles. The second-order valence-electron chi connectivity index (χ2n) is 4.55. The minimum absolute atomic E-state index is 0.322. The zero-order valence-electron chi connectivity index (χ0n) is 11.1. The normalized spacial score (nSPS) is 11.6. The zero-order chi connectivity index (χ0) is 13.5. The van der Waals surface area contributed by atoms with Gasteiger partial charge in [0.25, 0.3) is 0 Å². The van der Waals surface area contributed by atoms with Crippen LogP contribution in [0.15, 0.2) is 54.6 Å². The summed E-state index contributed by atoms with van der Waals surface area (Å²) in [6.45, 7) is 2.18. The Hall–Kier alpha value is -2.27. The van der Waals surface area contributed by atoms with Crippen LogP contribution in [0.2, 0.25) is 0 Å². The van der Waals surface area contributed by atoms with E-state index in [1.54, 1.807) is 0 Å². The highest BCUT2D eigenvalue weighted by Gasteiger charge is 2.08. The lowest BCUT2D eigenvalue weighted by Crippen LogP contribution is -2.09. The van der Waals surface area contributed by atoms with Crippen molar-refractivity contribution in [1.29, 1.82) is 5.26 Å². The van der Waals surface area contributed by atoms with Crippen LogP contribution in [-0.2, 0) is 6.42 Å². The summed E-state index contributed by atoms with van der Waals surface area (Å²) in [5.74, 6) is 0. The third-order valence-corrected chi connectivity index (χ3v) is 3.19. The van der Waals surface area contributed by atoms with Crippen molar-refractivity contribution in [2.75, 3.05) is 5.32 Å². The molecule has 0 spiro atoms. The molecule has 0 aliphatic rings. The first-order chi connectivity index (χ1) is 9.33. The highest BCUT2D eigenvalue weighted by Crippen LogP contribution is 2.22. The Kier molecular flexibility index (Phi) is 4.58. The lowest BCUT2D eigenvalue weighted by Gasteiger charge is -2.19. The smallest absolute Gasteiger partial charge is 0.0669 e. The first-order valence-corrected chi connectivity index (χ1v) is 6.61. The van der Waals surface area contributed by atoms with Gasteiger partial charge in [0.15, 0.2) is 0 Å². The molecule has 2 heteroatoms. The maximum absolute atomic E-state index is 8.66. The van der Waals surface area contributed by atoms with Gasteiger partial charge in [0.05, 0.1) is 18.5 Å². The topological polar surface area (TPSA) is 35.8 Å². The van der Waals surface area contributed by atoms with E-state index >= 15 is 0 Å². The average molecular weight is 250 g/mol. The Balaban J connectivity index is 2.09. The molecule has 19 heavy (non-hydrogen) atoms. The predicted octanol–water partition coefficient (Wildman–Crippen LogP) is 4.32. The fraction of sp³-hybridized carbons (Fsp3) is 0.235. The van der Waals surface area contributed by atoms with Crippen molar-refractivity contribution in [2.45, 2.75) is 25.8 Å². The molecule has 0 aliphatic carbocycles. The highest BCUT2D eigenvalue weighted by molar-refractivity contribution is 5.47. The van der Waals surface area contributed by atoms with Gasteiger partial charge in [-0.3, -0.25) is 0 Å². The zero-order valence-corrected chi connectivity index (χ0v) is 11.1. The maximum Gasteiger partial charge on any atom is 0.0669 e. The number of hydrogen-bond donors (Lipinski definition) is 1. The molecule has 2 aromatic rings. The third-order valence-electron chi connectivity index (χ3n) is 3.19. The summed E-state index contributed by atoms with van der Waals surface area (Å²) < 4.78 is 0. The molecular formula is C17H18N2. The van der Waals surface area contributed by atoms with Crippen molar-refractivity contribution in [3.8, 4) is 6.07 Å². The van der Waals surface area contributed by atoms with Crippen LogP contribution in [0, 0.1) is 11.3 Å². The second-order valence-corrected chi connectivity index (χ2v) is 4.55. The molecule has 2 rings (SSSR count). The van der Waals surface area contributed by atoms with E-state index in [0.717, 1.165) is 17.7 Å². The predicted molar refractivity (Wildman–Crippen MR) is 78.9 cm³/mol. The van der Waals surface area contributed by atoms with Crippen molar-refractivity contribution >= 4 is 5.69 Å². The van der Waals surface area contributed by atoms with Crippen molar-refractivity contribution < 1.29 is 0 Å². The van der Waals surface area contributed by atoms with Gasteiger partial charge in [-0.25, -0.2) is 0 Å². The van der Waals surface area contributed by atoms with Gasteiger partial charge in [-0.2, -0.15) is 5.26 Å². The van der Waals surface area contributed by atoms with Gasteiger partial charge < -0.3 is 5.32 Å². The third kappa shape index (κ3) is 3.59. The summed E-state index contributed by atoms with van der Waals surface area (Å²) in [5.41, 5.74) is 3.45. The van der Waals surface area contributed by atoms with Gasteiger partial charge in [0.2, 0.25) is 0 Å². The summed E-state index contributed by atoms with van der Waals surface area (Å²) in [6.07, 6.45) is 1.50. The number of hydrogen-bond acceptors (Lipinski definition) is 2. The van der Waals surface area contributed by atoms with E-state index < -0.39 is 0 Å². The lowest BCUT2D eigenvalue weighted by molar-refractivity contribution is 0.749. The monoisotopic (exact) mass is 250 g/mol. The van der Waals surface area contributed by atoms with Crippen LogP contribution in [0.3, 0.4) is 0 Å². The highest BCUT2D eigenvalue weighted by atomic mass is 14.9. The summed E-state index contributed by atoms with van der Waals surface area (Å²) >= 11 is 0. The largest absolute Gasteiger partial charge is 0.378 e. The molecule has 2 aromatic carbocycles. The van der Waals surface area contributed by atoms with Gasteiger partial charge >= 0.3 is 0 Å². The molecule has 0 heterocycles. The average Bonchev–Trinajstić information content (AvgIpc) is 2.48. The second kappa shape index (κ2) is 6.61. The summed E-state index contributed by atoms with van der Waals surface area (Å²) in [6, 6.07) is 21.0. The van der Waals surface area contributed by atoms with Crippen LogP contribution in [0.5, 0.6) is 0 Å². The number of nitrogens with one attached hydrogen (secondary N) is 1. The van der Waals surface area contributed by atoms with Crippen molar-refractivity contribution in [3.63, 3.8) is 0 Å². The number of benzene rings is 2. The van der Waals surface area contributed by atoms with E-state index in [1.807, 2.05) is 30.3 Å². The first kappa shape index (κ1) is 13.2. The molecule has 0 radical (unpaired) electrons. The van der Waals surface area contributed by atoms with Gasteiger partial charge in [-0.15, -0.1) is 0 Å². The fourth-order valence-electron chi connectivity index (χ4n) is 2.12. The van der Waals surface area contributed by atoms with Crippen LogP contribution in [-0.4, -0.2) is 0 Å². The SMILES string of the molecule is CCC(Nc1ccc(CC#N)cc1)c1ccccc1. The van der Waals surface area contributed by atoms with E-state index in [-0.39, 0.29) is 0 Å². The number of rotatable bonds is 5. The Bertz CT molecular complexity index is 538. The fourth-order valence-corrected chi connectivity index (χ4v) is 2.12. The van der Waals surface area contributed by atoms with E-state index in [0.29, 0.717) is 12.5 Å². The molecule has 0 bridgehead atoms. The van der Waals surface area contributed by atoms with Crippen LogP contribution in [0.25, 0.3) is 0 Å². The molecule has 0 amide bonds. The summed E-state index contributed by atoms with van der Waals surface area (Å²) in [5, 5.41) is 12.2. The van der Waals surface area contributed by atoms with Crippen LogP contribution in [0.1, 0.15) is 30.5 Å². The summed E-state index contributed by atoms with van der Waals surface area (Å²) in [7, 11) is 0. The van der Waals surface area contributed by atoms with E-state index in [1.165, 1.54) is 5.56 Å². The Labute approximate surface area is 114 Å². The van der Waals surface area contributed by atoms with Gasteiger partial charge in [0.1, 0.15) is 0 Å². The minimum Gasteiger partial charge on any atom is -0.378 e. The molecule has 1 N–H and O–H groups in total. The molecule has 0 saturated carbocycles. The molecule has 1 unspecified atom stereocenters. The molecule has 0 saturated heterocycles. The van der Waals surface area contributed by atoms with Crippen molar-refractivity contribution in [2.24, 2.45) is 0 Å². The Morgan fingerprint density at radius 3 is 2.32 bits per heavy atom. The van der Waals surface area contributed by atoms with Gasteiger partial charge in [0, 0.05) is 5.69 Å². The maximum atomic E-state index is 8.66.